The van der Waals surface area contributed by atoms with E-state index in [-0.39, 0.29) is 12.3 Å². The number of likely N-dealkylation sites (tertiary alicyclic amines) is 1. The van der Waals surface area contributed by atoms with Gasteiger partial charge in [-0.2, -0.15) is 0 Å². The monoisotopic (exact) mass is 543 g/mol. The SMILES string of the molecule is NCCCCC(N)C(=O)N1CCCC1C(=O)NC(Cc1c[nH]c2ccccc12)C(=O)NC(CC(N)=O)C(=O)O. The quantitative estimate of drug-likeness (QED) is 0.147. The minimum absolute atomic E-state index is 0.0315. The first-order valence-electron chi connectivity index (χ1n) is 13.0. The van der Waals surface area contributed by atoms with Crippen LogP contribution >= 0.6 is 0 Å². The van der Waals surface area contributed by atoms with Gasteiger partial charge >= 0.3 is 5.97 Å². The van der Waals surface area contributed by atoms with Crippen LogP contribution in [0, 0.1) is 0 Å². The van der Waals surface area contributed by atoms with Crippen LogP contribution in [0.5, 0.6) is 0 Å². The molecule has 0 saturated carbocycles. The number of unbranched alkanes of at least 4 members (excludes halogenated alkanes) is 1. The first-order valence-corrected chi connectivity index (χ1v) is 13.0. The predicted molar refractivity (Wildman–Crippen MR) is 143 cm³/mol. The van der Waals surface area contributed by atoms with Crippen LogP contribution in [0.3, 0.4) is 0 Å². The zero-order valence-corrected chi connectivity index (χ0v) is 21.7. The summed E-state index contributed by atoms with van der Waals surface area (Å²) in [4.78, 5) is 67.2. The number of nitrogens with two attached hydrogens (primary N) is 3. The highest BCUT2D eigenvalue weighted by atomic mass is 16.4. The summed E-state index contributed by atoms with van der Waals surface area (Å²) in [5, 5.41) is 15.3. The van der Waals surface area contributed by atoms with Crippen LogP contribution in [0.2, 0.25) is 0 Å². The summed E-state index contributed by atoms with van der Waals surface area (Å²) in [7, 11) is 0. The summed E-state index contributed by atoms with van der Waals surface area (Å²) in [6.45, 7) is 0.859. The summed E-state index contributed by atoms with van der Waals surface area (Å²) in [6.07, 6.45) is 4.00. The molecule has 0 spiro atoms. The van der Waals surface area contributed by atoms with E-state index >= 15 is 0 Å². The van der Waals surface area contributed by atoms with Crippen molar-refractivity contribution in [2.45, 2.75) is 69.1 Å². The van der Waals surface area contributed by atoms with E-state index in [1.165, 1.54) is 4.90 Å². The van der Waals surface area contributed by atoms with Crippen molar-refractivity contribution in [3.8, 4) is 0 Å². The number of H-pyrrole nitrogens is 1. The maximum atomic E-state index is 13.4. The van der Waals surface area contributed by atoms with Crippen LogP contribution in [0.4, 0.5) is 0 Å². The highest BCUT2D eigenvalue weighted by Gasteiger charge is 2.38. The van der Waals surface area contributed by atoms with E-state index in [1.54, 1.807) is 6.20 Å². The van der Waals surface area contributed by atoms with Gasteiger partial charge in [0.25, 0.3) is 0 Å². The third kappa shape index (κ3) is 7.77. The van der Waals surface area contributed by atoms with Crippen molar-refractivity contribution in [1.29, 1.82) is 0 Å². The molecular weight excluding hydrogens is 506 g/mol. The lowest BCUT2D eigenvalue weighted by Gasteiger charge is -2.28. The Kier molecular flexibility index (Phi) is 10.4. The first kappa shape index (κ1) is 29.6. The minimum Gasteiger partial charge on any atom is -0.480 e. The van der Waals surface area contributed by atoms with Crippen molar-refractivity contribution in [3.05, 3.63) is 36.0 Å². The van der Waals surface area contributed by atoms with Gasteiger partial charge in [0.2, 0.25) is 23.6 Å². The van der Waals surface area contributed by atoms with Crippen LogP contribution < -0.4 is 27.8 Å². The molecule has 0 aliphatic carbocycles. The number of amides is 4. The zero-order chi connectivity index (χ0) is 28.5. The molecule has 2 heterocycles. The molecule has 4 atom stereocenters. The van der Waals surface area contributed by atoms with E-state index in [9.17, 15) is 29.1 Å². The fourth-order valence-electron chi connectivity index (χ4n) is 4.82. The summed E-state index contributed by atoms with van der Waals surface area (Å²) in [5.41, 5.74) is 18.3. The Bertz CT molecular complexity index is 1200. The number of aromatic amines is 1. The molecule has 1 aliphatic heterocycles. The van der Waals surface area contributed by atoms with Crippen LogP contribution in [0.25, 0.3) is 10.9 Å². The van der Waals surface area contributed by atoms with Gasteiger partial charge in [-0.05, 0) is 43.9 Å². The molecule has 1 fully saturated rings. The van der Waals surface area contributed by atoms with Gasteiger partial charge in [0.1, 0.15) is 18.1 Å². The third-order valence-electron chi connectivity index (χ3n) is 6.88. The lowest BCUT2D eigenvalue weighted by Crippen LogP contribution is -2.57. The molecule has 4 unspecified atom stereocenters. The number of nitrogens with one attached hydrogen (secondary N) is 3. The summed E-state index contributed by atoms with van der Waals surface area (Å²) in [5.74, 6) is -4.01. The van der Waals surface area contributed by atoms with Crippen LogP contribution in [-0.4, -0.2) is 81.8 Å². The van der Waals surface area contributed by atoms with Crippen molar-refractivity contribution in [1.82, 2.24) is 20.5 Å². The molecule has 1 aromatic carbocycles. The van der Waals surface area contributed by atoms with Crippen molar-refractivity contribution in [2.24, 2.45) is 17.2 Å². The lowest BCUT2D eigenvalue weighted by atomic mass is 10.0. The van der Waals surface area contributed by atoms with Gasteiger partial charge in [-0.25, -0.2) is 4.79 Å². The summed E-state index contributed by atoms with van der Waals surface area (Å²) >= 11 is 0. The number of para-hydroxylation sites is 1. The van der Waals surface area contributed by atoms with Gasteiger partial charge in [0.05, 0.1) is 12.5 Å². The van der Waals surface area contributed by atoms with Crippen molar-refractivity contribution < 1.29 is 29.1 Å². The topological polar surface area (TPSA) is 227 Å². The number of aromatic nitrogens is 1. The molecule has 13 nitrogen and oxygen atoms in total. The smallest absolute Gasteiger partial charge is 0.326 e. The third-order valence-corrected chi connectivity index (χ3v) is 6.88. The van der Waals surface area contributed by atoms with Crippen LogP contribution in [-0.2, 0) is 30.4 Å². The number of hydrogen-bond acceptors (Lipinski definition) is 7. The van der Waals surface area contributed by atoms with E-state index in [1.807, 2.05) is 24.3 Å². The number of rotatable bonds is 14. The van der Waals surface area contributed by atoms with Crippen molar-refractivity contribution in [2.75, 3.05) is 13.1 Å². The number of carbonyl (C=O) groups is 5. The molecule has 1 aromatic heterocycles. The number of primary amides is 1. The highest BCUT2D eigenvalue weighted by Crippen LogP contribution is 2.22. The number of fused-ring (bicyclic) bond motifs is 1. The second-order valence-electron chi connectivity index (χ2n) is 9.78. The molecule has 13 heteroatoms. The van der Waals surface area contributed by atoms with E-state index in [0.29, 0.717) is 44.3 Å². The molecule has 1 aliphatic rings. The minimum atomic E-state index is -1.56. The first-order chi connectivity index (χ1) is 18.6. The molecule has 4 amide bonds. The molecule has 0 bridgehead atoms. The second kappa shape index (κ2) is 13.7. The van der Waals surface area contributed by atoms with Crippen LogP contribution in [0.15, 0.2) is 30.5 Å². The number of aliphatic carboxylic acids is 1. The Morgan fingerprint density at radius 3 is 2.54 bits per heavy atom. The fourth-order valence-corrected chi connectivity index (χ4v) is 4.82. The van der Waals surface area contributed by atoms with E-state index in [2.05, 4.69) is 15.6 Å². The number of carboxylic acids is 1. The normalized spacial score (nSPS) is 17.4. The lowest BCUT2D eigenvalue weighted by molar-refractivity contribution is -0.144. The standard InChI is InChI=1S/C26H37N7O6/c27-10-4-3-7-17(28)25(37)33-11-5-9-21(33)24(36)31-19(23(35)32-20(26(38)39)13-22(29)34)12-15-14-30-18-8-2-1-6-16(15)18/h1-2,6,8,14,17,19-21,30H,3-5,7,9-13,27-28H2,(H2,29,34)(H,31,36)(H,32,35)(H,38,39). The molecule has 3 rings (SSSR count). The van der Waals surface area contributed by atoms with Crippen molar-refractivity contribution in [3.63, 3.8) is 0 Å². The summed E-state index contributed by atoms with van der Waals surface area (Å²) < 4.78 is 0. The average Bonchev–Trinajstić information content (AvgIpc) is 3.55. The number of carboxylic acid groups (broad SMARTS) is 1. The molecule has 10 N–H and O–H groups in total. The van der Waals surface area contributed by atoms with E-state index in [0.717, 1.165) is 17.3 Å². The molecule has 2 aromatic rings. The van der Waals surface area contributed by atoms with Gasteiger partial charge in [-0.15, -0.1) is 0 Å². The van der Waals surface area contributed by atoms with E-state index < -0.39 is 54.3 Å². The van der Waals surface area contributed by atoms with Gasteiger partial charge in [-0.1, -0.05) is 24.6 Å². The van der Waals surface area contributed by atoms with Gasteiger partial charge in [0, 0.05) is 30.1 Å². The maximum absolute atomic E-state index is 13.4. The maximum Gasteiger partial charge on any atom is 0.326 e. The number of benzene rings is 1. The Hall–Kier alpha value is -3.97. The fraction of sp³-hybridized carbons (Fsp3) is 0.500. The van der Waals surface area contributed by atoms with Crippen LogP contribution in [0.1, 0.15) is 44.1 Å². The average molecular weight is 544 g/mol. The van der Waals surface area contributed by atoms with Gasteiger partial charge < -0.3 is 42.8 Å². The second-order valence-corrected chi connectivity index (χ2v) is 9.78. The highest BCUT2D eigenvalue weighted by molar-refractivity contribution is 5.95. The zero-order valence-electron chi connectivity index (χ0n) is 21.7. The number of hydrogen-bond donors (Lipinski definition) is 7. The predicted octanol–water partition coefficient (Wildman–Crippen LogP) is -0.913. The molecule has 212 valence electrons. The molecule has 39 heavy (non-hydrogen) atoms. The van der Waals surface area contributed by atoms with E-state index in [4.69, 9.17) is 17.2 Å². The largest absolute Gasteiger partial charge is 0.480 e. The molecular formula is C26H37N7O6. The molecule has 0 radical (unpaired) electrons. The van der Waals surface area contributed by atoms with Crippen molar-refractivity contribution >= 4 is 40.5 Å². The number of carbonyl (C=O) groups excluding carboxylic acids is 4. The van der Waals surface area contributed by atoms with Gasteiger partial charge in [-0.3, -0.25) is 19.2 Å². The Morgan fingerprint density at radius 2 is 1.85 bits per heavy atom. The Balaban J connectivity index is 1.79. The summed E-state index contributed by atoms with van der Waals surface area (Å²) in [6, 6.07) is 3.06. The number of nitrogens with zero attached hydrogens (tertiary/aromatic N) is 1. The molecule has 1 saturated heterocycles. The Morgan fingerprint density at radius 1 is 1.10 bits per heavy atom. The Labute approximate surface area is 225 Å². The van der Waals surface area contributed by atoms with Gasteiger partial charge in [0.15, 0.2) is 0 Å².